The fourth-order valence-corrected chi connectivity index (χ4v) is 3.13. The number of nitrogens with one attached hydrogen (secondary N) is 1. The SMILES string of the molecule is O=C1NCCC12CCCN(c1ccc([N+](=O)[O-])nc1)C2. The van der Waals surface area contributed by atoms with Crippen molar-refractivity contribution >= 4 is 17.4 Å². The monoisotopic (exact) mass is 276 g/mol. The summed E-state index contributed by atoms with van der Waals surface area (Å²) in [5, 5.41) is 13.5. The zero-order chi connectivity index (χ0) is 14.2. The molecule has 2 aliphatic rings. The summed E-state index contributed by atoms with van der Waals surface area (Å²) < 4.78 is 0. The highest BCUT2D eigenvalue weighted by atomic mass is 16.6. The summed E-state index contributed by atoms with van der Waals surface area (Å²) in [5.74, 6) is -0.0175. The van der Waals surface area contributed by atoms with Crippen LogP contribution in [0.15, 0.2) is 18.3 Å². The number of piperidine rings is 1. The van der Waals surface area contributed by atoms with E-state index in [1.54, 1.807) is 6.07 Å². The molecule has 0 radical (unpaired) electrons. The Morgan fingerprint density at radius 2 is 2.25 bits per heavy atom. The first-order chi connectivity index (χ1) is 9.61. The Morgan fingerprint density at radius 1 is 1.40 bits per heavy atom. The molecule has 0 aliphatic carbocycles. The van der Waals surface area contributed by atoms with Gasteiger partial charge in [0.1, 0.15) is 0 Å². The topological polar surface area (TPSA) is 88.4 Å². The number of nitrogens with zero attached hydrogens (tertiary/aromatic N) is 3. The van der Waals surface area contributed by atoms with Crippen LogP contribution >= 0.6 is 0 Å². The first-order valence-corrected chi connectivity index (χ1v) is 6.74. The summed E-state index contributed by atoms with van der Waals surface area (Å²) >= 11 is 0. The summed E-state index contributed by atoms with van der Waals surface area (Å²) in [7, 11) is 0. The second-order valence-electron chi connectivity index (χ2n) is 5.44. The minimum atomic E-state index is -0.508. The predicted octanol–water partition coefficient (Wildman–Crippen LogP) is 1.10. The second kappa shape index (κ2) is 4.73. The smallest absolute Gasteiger partial charge is 0.363 e. The fourth-order valence-electron chi connectivity index (χ4n) is 3.13. The number of aromatic nitrogens is 1. The Morgan fingerprint density at radius 3 is 2.85 bits per heavy atom. The highest BCUT2D eigenvalue weighted by molar-refractivity contribution is 5.85. The van der Waals surface area contributed by atoms with Gasteiger partial charge in [0.05, 0.1) is 11.1 Å². The Bertz CT molecular complexity index is 545. The van der Waals surface area contributed by atoms with Gasteiger partial charge >= 0.3 is 5.82 Å². The molecule has 1 N–H and O–H groups in total. The molecule has 1 atom stereocenters. The maximum atomic E-state index is 12.0. The number of carbonyl (C=O) groups is 1. The van der Waals surface area contributed by atoms with Crippen LogP contribution in [0.1, 0.15) is 19.3 Å². The molecule has 7 nitrogen and oxygen atoms in total. The van der Waals surface area contributed by atoms with E-state index < -0.39 is 4.92 Å². The van der Waals surface area contributed by atoms with E-state index in [0.717, 1.165) is 38.0 Å². The van der Waals surface area contributed by atoms with Crippen molar-refractivity contribution in [2.45, 2.75) is 19.3 Å². The lowest BCUT2D eigenvalue weighted by atomic mass is 9.78. The number of pyridine rings is 1. The minimum Gasteiger partial charge on any atom is -0.367 e. The number of amides is 1. The van der Waals surface area contributed by atoms with Crippen molar-refractivity contribution in [3.8, 4) is 0 Å². The van der Waals surface area contributed by atoms with Gasteiger partial charge in [-0.05, 0) is 35.2 Å². The molecule has 0 aromatic carbocycles. The van der Waals surface area contributed by atoms with Crippen LogP contribution in [-0.4, -0.2) is 35.4 Å². The standard InChI is InChI=1S/C13H16N4O3/c18-12-13(5-6-14-12)4-1-7-16(9-13)10-2-3-11(15-8-10)17(19)20/h2-3,8H,1,4-7,9H2,(H,14,18). The third-order valence-electron chi connectivity index (χ3n) is 4.23. The van der Waals surface area contributed by atoms with E-state index in [1.165, 1.54) is 12.3 Å². The highest BCUT2D eigenvalue weighted by Gasteiger charge is 2.45. The van der Waals surface area contributed by atoms with E-state index in [0.29, 0.717) is 6.54 Å². The van der Waals surface area contributed by atoms with Crippen molar-refractivity contribution in [1.82, 2.24) is 10.3 Å². The lowest BCUT2D eigenvalue weighted by Crippen LogP contribution is -2.47. The number of anilines is 1. The van der Waals surface area contributed by atoms with Gasteiger partial charge in [-0.1, -0.05) is 0 Å². The summed E-state index contributed by atoms with van der Waals surface area (Å²) in [6, 6.07) is 3.11. The van der Waals surface area contributed by atoms with E-state index in [4.69, 9.17) is 0 Å². The zero-order valence-electron chi connectivity index (χ0n) is 11.0. The Hall–Kier alpha value is -2.18. The van der Waals surface area contributed by atoms with Gasteiger partial charge < -0.3 is 20.3 Å². The molecule has 2 fully saturated rings. The number of nitro groups is 1. The second-order valence-corrected chi connectivity index (χ2v) is 5.44. The molecule has 1 aromatic heterocycles. The van der Waals surface area contributed by atoms with Crippen LogP contribution in [0.25, 0.3) is 0 Å². The third-order valence-corrected chi connectivity index (χ3v) is 4.23. The van der Waals surface area contributed by atoms with Crippen LogP contribution in [0.3, 0.4) is 0 Å². The molecule has 1 aromatic rings. The lowest BCUT2D eigenvalue weighted by molar-refractivity contribution is -0.389. The third kappa shape index (κ3) is 2.09. The molecule has 1 spiro atoms. The zero-order valence-corrected chi connectivity index (χ0v) is 11.0. The van der Waals surface area contributed by atoms with E-state index >= 15 is 0 Å². The van der Waals surface area contributed by atoms with Gasteiger partial charge in [0.2, 0.25) is 5.91 Å². The number of carbonyl (C=O) groups excluding carboxylic acids is 1. The predicted molar refractivity (Wildman–Crippen MR) is 72.4 cm³/mol. The molecule has 1 unspecified atom stereocenters. The first kappa shape index (κ1) is 12.8. The van der Waals surface area contributed by atoms with Crippen molar-refractivity contribution in [2.75, 3.05) is 24.5 Å². The first-order valence-electron chi connectivity index (χ1n) is 6.74. The lowest BCUT2D eigenvalue weighted by Gasteiger charge is -2.39. The fraction of sp³-hybridized carbons (Fsp3) is 0.538. The number of hydrogen-bond donors (Lipinski definition) is 1. The number of hydrogen-bond acceptors (Lipinski definition) is 5. The van der Waals surface area contributed by atoms with Gasteiger partial charge in [0, 0.05) is 25.7 Å². The summed E-state index contributed by atoms with van der Waals surface area (Å²) in [6.45, 7) is 2.26. The summed E-state index contributed by atoms with van der Waals surface area (Å²) in [5.41, 5.74) is 0.550. The van der Waals surface area contributed by atoms with Crippen molar-refractivity contribution in [3.63, 3.8) is 0 Å². The van der Waals surface area contributed by atoms with E-state index in [9.17, 15) is 14.9 Å². The molecule has 3 rings (SSSR count). The molecule has 2 saturated heterocycles. The Labute approximate surface area is 116 Å². The van der Waals surface area contributed by atoms with Crippen LogP contribution < -0.4 is 10.2 Å². The Balaban J connectivity index is 1.80. The molecule has 0 bridgehead atoms. The van der Waals surface area contributed by atoms with Crippen LogP contribution in [0.5, 0.6) is 0 Å². The quantitative estimate of drug-likeness (QED) is 0.645. The normalized spacial score (nSPS) is 25.8. The van der Waals surface area contributed by atoms with Gasteiger partial charge in [-0.15, -0.1) is 0 Å². The molecule has 20 heavy (non-hydrogen) atoms. The van der Waals surface area contributed by atoms with Crippen LogP contribution in [0.4, 0.5) is 11.5 Å². The maximum Gasteiger partial charge on any atom is 0.363 e. The van der Waals surface area contributed by atoms with Crippen molar-refractivity contribution < 1.29 is 9.72 Å². The average molecular weight is 276 g/mol. The highest BCUT2D eigenvalue weighted by Crippen LogP contribution is 2.38. The Kier molecular flexibility index (Phi) is 3.04. The molecule has 1 amide bonds. The minimum absolute atomic E-state index is 0.136. The number of rotatable bonds is 2. The molecule has 7 heteroatoms. The average Bonchev–Trinajstić information content (AvgIpc) is 2.80. The molecular formula is C13H16N4O3. The van der Waals surface area contributed by atoms with E-state index in [2.05, 4.69) is 15.2 Å². The van der Waals surface area contributed by atoms with Crippen molar-refractivity contribution in [1.29, 1.82) is 0 Å². The summed E-state index contributed by atoms with van der Waals surface area (Å²) in [4.78, 5) is 28.1. The molecular weight excluding hydrogens is 260 g/mol. The largest absolute Gasteiger partial charge is 0.367 e. The molecule has 3 heterocycles. The van der Waals surface area contributed by atoms with Crippen LogP contribution in [0, 0.1) is 15.5 Å². The van der Waals surface area contributed by atoms with Crippen molar-refractivity contribution in [2.24, 2.45) is 5.41 Å². The van der Waals surface area contributed by atoms with Gasteiger partial charge in [-0.25, -0.2) is 0 Å². The summed E-state index contributed by atoms with van der Waals surface area (Å²) in [6.07, 6.45) is 4.24. The van der Waals surface area contributed by atoms with Crippen LogP contribution in [-0.2, 0) is 4.79 Å². The molecule has 2 aliphatic heterocycles. The maximum absolute atomic E-state index is 12.0. The van der Waals surface area contributed by atoms with Gasteiger partial charge in [0.15, 0.2) is 6.20 Å². The van der Waals surface area contributed by atoms with Gasteiger partial charge in [0.25, 0.3) is 0 Å². The van der Waals surface area contributed by atoms with Gasteiger partial charge in [-0.3, -0.25) is 4.79 Å². The van der Waals surface area contributed by atoms with E-state index in [1.807, 2.05) is 0 Å². The van der Waals surface area contributed by atoms with E-state index in [-0.39, 0.29) is 17.1 Å². The molecule has 106 valence electrons. The van der Waals surface area contributed by atoms with Crippen LogP contribution in [0.2, 0.25) is 0 Å². The molecule has 0 saturated carbocycles. The van der Waals surface area contributed by atoms with Gasteiger partial charge in [-0.2, -0.15) is 0 Å². The van der Waals surface area contributed by atoms with Crippen molar-refractivity contribution in [3.05, 3.63) is 28.4 Å².